The summed E-state index contributed by atoms with van der Waals surface area (Å²) in [5, 5.41) is 13.4. The summed E-state index contributed by atoms with van der Waals surface area (Å²) >= 11 is 0. The van der Waals surface area contributed by atoms with E-state index in [-0.39, 0.29) is 24.6 Å². The molecule has 2 N–H and O–H groups in total. The maximum absolute atomic E-state index is 9.73. The molecule has 2 aromatic carbocycles. The Morgan fingerprint density at radius 1 is 0.957 bits per heavy atom. The van der Waals surface area contributed by atoms with Gasteiger partial charge in [-0.3, -0.25) is 0 Å². The van der Waals surface area contributed by atoms with Gasteiger partial charge in [0.2, 0.25) is 0 Å². The van der Waals surface area contributed by atoms with Gasteiger partial charge in [-0.05, 0) is 17.0 Å². The summed E-state index contributed by atoms with van der Waals surface area (Å²) in [5.41, 5.74) is 2.43. The van der Waals surface area contributed by atoms with Crippen molar-refractivity contribution in [1.82, 2.24) is 5.32 Å². The van der Waals surface area contributed by atoms with Crippen molar-refractivity contribution in [2.24, 2.45) is 5.92 Å². The van der Waals surface area contributed by atoms with Crippen LogP contribution in [0.3, 0.4) is 0 Å². The Hall–Kier alpha value is -1.90. The van der Waals surface area contributed by atoms with Gasteiger partial charge in [0.25, 0.3) is 0 Å². The van der Waals surface area contributed by atoms with Gasteiger partial charge in [-0.15, -0.1) is 6.58 Å². The summed E-state index contributed by atoms with van der Waals surface area (Å²) in [7, 11) is 0. The summed E-state index contributed by atoms with van der Waals surface area (Å²) in [6, 6.07) is 20.9. The molecule has 0 aliphatic rings. The van der Waals surface area contributed by atoms with Crippen LogP contribution in [0.2, 0.25) is 0 Å². The molecule has 2 aromatic rings. The van der Waals surface area contributed by atoms with E-state index in [1.165, 1.54) is 11.1 Å². The molecule has 0 saturated heterocycles. The van der Waals surface area contributed by atoms with Crippen molar-refractivity contribution in [3.8, 4) is 0 Å². The van der Waals surface area contributed by atoms with E-state index in [0.29, 0.717) is 5.92 Å². The van der Waals surface area contributed by atoms with Gasteiger partial charge in [-0.1, -0.05) is 80.6 Å². The Labute approximate surface area is 139 Å². The second-order valence-electron chi connectivity index (χ2n) is 6.26. The summed E-state index contributed by atoms with van der Waals surface area (Å²) in [5.74, 6) is 0.499. The van der Waals surface area contributed by atoms with Crippen molar-refractivity contribution >= 4 is 0 Å². The molecule has 0 fully saturated rings. The van der Waals surface area contributed by atoms with Crippen molar-refractivity contribution < 1.29 is 5.11 Å². The monoisotopic (exact) mass is 309 g/mol. The van der Waals surface area contributed by atoms with Crippen LogP contribution < -0.4 is 5.32 Å². The van der Waals surface area contributed by atoms with E-state index >= 15 is 0 Å². The Morgan fingerprint density at radius 3 is 1.91 bits per heavy atom. The topological polar surface area (TPSA) is 32.3 Å². The van der Waals surface area contributed by atoms with E-state index < -0.39 is 0 Å². The highest BCUT2D eigenvalue weighted by Crippen LogP contribution is 2.32. The van der Waals surface area contributed by atoms with Crippen molar-refractivity contribution in [3.63, 3.8) is 0 Å². The number of hydrogen-bond acceptors (Lipinski definition) is 2. The third-order valence-electron chi connectivity index (χ3n) is 4.35. The molecule has 0 aliphatic heterocycles. The van der Waals surface area contributed by atoms with Crippen LogP contribution in [0.5, 0.6) is 0 Å². The Kier molecular flexibility index (Phi) is 6.57. The number of aliphatic hydroxyl groups excluding tert-OH is 1. The fraction of sp³-hybridized carbons (Fsp3) is 0.333. The van der Waals surface area contributed by atoms with Crippen LogP contribution >= 0.6 is 0 Å². The molecule has 2 rings (SSSR count). The molecule has 23 heavy (non-hydrogen) atoms. The first-order valence-electron chi connectivity index (χ1n) is 8.26. The Morgan fingerprint density at radius 2 is 1.48 bits per heavy atom. The SMILES string of the molecule is C=C[C@@H](c1ccccc1)[C@H](N[C@H](CO)C(C)C)c1ccccc1. The van der Waals surface area contributed by atoms with Crippen molar-refractivity contribution in [3.05, 3.63) is 84.4 Å². The van der Waals surface area contributed by atoms with Gasteiger partial charge < -0.3 is 10.4 Å². The maximum atomic E-state index is 9.73. The molecule has 0 bridgehead atoms. The highest BCUT2D eigenvalue weighted by atomic mass is 16.3. The van der Waals surface area contributed by atoms with Gasteiger partial charge in [0.05, 0.1) is 6.61 Å². The summed E-state index contributed by atoms with van der Waals surface area (Å²) in [6.07, 6.45) is 1.99. The number of benzene rings is 2. The molecule has 0 amide bonds. The molecule has 2 nitrogen and oxygen atoms in total. The molecule has 0 heterocycles. The Bertz CT molecular complexity index is 579. The summed E-state index contributed by atoms with van der Waals surface area (Å²) < 4.78 is 0. The summed E-state index contributed by atoms with van der Waals surface area (Å²) in [4.78, 5) is 0. The van der Waals surface area contributed by atoms with Gasteiger partial charge >= 0.3 is 0 Å². The number of rotatable bonds is 8. The lowest BCUT2D eigenvalue weighted by atomic mass is 9.86. The highest BCUT2D eigenvalue weighted by Gasteiger charge is 2.25. The minimum absolute atomic E-state index is 0.0476. The van der Waals surface area contributed by atoms with Crippen LogP contribution in [0.15, 0.2) is 73.3 Å². The van der Waals surface area contributed by atoms with Crippen LogP contribution in [-0.2, 0) is 0 Å². The first-order chi connectivity index (χ1) is 11.2. The lowest BCUT2D eigenvalue weighted by Gasteiger charge is -2.32. The number of nitrogens with one attached hydrogen (secondary N) is 1. The van der Waals surface area contributed by atoms with E-state index in [4.69, 9.17) is 0 Å². The molecule has 0 spiro atoms. The fourth-order valence-corrected chi connectivity index (χ4v) is 2.89. The van der Waals surface area contributed by atoms with E-state index in [1.807, 2.05) is 18.2 Å². The van der Waals surface area contributed by atoms with Crippen molar-refractivity contribution in [1.29, 1.82) is 0 Å². The van der Waals surface area contributed by atoms with Gasteiger partial charge in [0.15, 0.2) is 0 Å². The maximum Gasteiger partial charge on any atom is 0.0587 e. The van der Waals surface area contributed by atoms with Crippen molar-refractivity contribution in [2.75, 3.05) is 6.61 Å². The highest BCUT2D eigenvalue weighted by molar-refractivity contribution is 5.31. The molecular formula is C21H27NO. The minimum Gasteiger partial charge on any atom is -0.395 e. The average Bonchev–Trinajstić information content (AvgIpc) is 2.60. The van der Waals surface area contributed by atoms with Gasteiger partial charge in [0, 0.05) is 18.0 Å². The number of aliphatic hydroxyl groups is 1. The molecule has 122 valence electrons. The predicted molar refractivity (Wildman–Crippen MR) is 97.4 cm³/mol. The largest absolute Gasteiger partial charge is 0.395 e. The van der Waals surface area contributed by atoms with Crippen LogP contribution in [0, 0.1) is 5.92 Å². The fourth-order valence-electron chi connectivity index (χ4n) is 2.89. The molecule has 0 radical (unpaired) electrons. The zero-order valence-corrected chi connectivity index (χ0v) is 14.0. The molecule has 0 aliphatic carbocycles. The quantitative estimate of drug-likeness (QED) is 0.712. The molecule has 3 atom stereocenters. The van der Waals surface area contributed by atoms with Crippen LogP contribution in [0.4, 0.5) is 0 Å². The van der Waals surface area contributed by atoms with Gasteiger partial charge in [-0.25, -0.2) is 0 Å². The molecular weight excluding hydrogens is 282 g/mol. The van der Waals surface area contributed by atoms with E-state index in [1.54, 1.807) is 0 Å². The van der Waals surface area contributed by atoms with E-state index in [9.17, 15) is 5.11 Å². The molecule has 0 saturated carbocycles. The van der Waals surface area contributed by atoms with E-state index in [2.05, 4.69) is 74.3 Å². The second-order valence-corrected chi connectivity index (χ2v) is 6.26. The normalized spacial score (nSPS) is 15.1. The van der Waals surface area contributed by atoms with Gasteiger partial charge in [0.1, 0.15) is 0 Å². The average molecular weight is 309 g/mol. The minimum atomic E-state index is 0.0476. The summed E-state index contributed by atoms with van der Waals surface area (Å²) in [6.45, 7) is 8.44. The molecule has 2 heteroatoms. The Balaban J connectivity index is 2.38. The van der Waals surface area contributed by atoms with Crippen LogP contribution in [0.25, 0.3) is 0 Å². The first-order valence-corrected chi connectivity index (χ1v) is 8.26. The molecule has 0 unspecified atom stereocenters. The van der Waals surface area contributed by atoms with Crippen molar-refractivity contribution in [2.45, 2.75) is 31.8 Å². The predicted octanol–water partition coefficient (Wildman–Crippen LogP) is 4.30. The lowest BCUT2D eigenvalue weighted by molar-refractivity contribution is 0.196. The van der Waals surface area contributed by atoms with Crippen LogP contribution in [0.1, 0.15) is 36.9 Å². The molecule has 0 aromatic heterocycles. The van der Waals surface area contributed by atoms with Crippen LogP contribution in [-0.4, -0.2) is 17.8 Å². The number of hydrogen-bond donors (Lipinski definition) is 2. The smallest absolute Gasteiger partial charge is 0.0587 e. The zero-order chi connectivity index (χ0) is 16.7. The lowest BCUT2D eigenvalue weighted by Crippen LogP contribution is -2.41. The second kappa shape index (κ2) is 8.66. The zero-order valence-electron chi connectivity index (χ0n) is 14.0. The third-order valence-corrected chi connectivity index (χ3v) is 4.35. The standard InChI is InChI=1S/C21H27NO/c1-4-19(17-11-7-5-8-12-17)21(18-13-9-6-10-14-18)22-20(15-23)16(2)3/h4-14,16,19-23H,1,15H2,2-3H3/t19-,20+,21+/m0/s1. The first kappa shape index (κ1) is 17.5. The van der Waals surface area contributed by atoms with Gasteiger partial charge in [-0.2, -0.15) is 0 Å². The third kappa shape index (κ3) is 4.54. The van der Waals surface area contributed by atoms with E-state index in [0.717, 1.165) is 0 Å².